The van der Waals surface area contributed by atoms with Crippen LogP contribution in [0.15, 0.2) is 60.9 Å². The molecule has 0 amide bonds. The summed E-state index contributed by atoms with van der Waals surface area (Å²) in [7, 11) is 1.68. The van der Waals surface area contributed by atoms with E-state index in [9.17, 15) is 0 Å². The van der Waals surface area contributed by atoms with Crippen molar-refractivity contribution in [2.24, 2.45) is 0 Å². The summed E-state index contributed by atoms with van der Waals surface area (Å²) < 4.78 is 5.20. The number of hydrogen-bond donors (Lipinski definition) is 0. The summed E-state index contributed by atoms with van der Waals surface area (Å²) in [4.78, 5) is 6.38. The zero-order valence-electron chi connectivity index (χ0n) is 12.4. The van der Waals surface area contributed by atoms with Crippen molar-refractivity contribution in [3.05, 3.63) is 77.2 Å². The molecule has 4 heteroatoms. The summed E-state index contributed by atoms with van der Waals surface area (Å²) in [5.74, 6) is 0.869. The van der Waals surface area contributed by atoms with E-state index in [4.69, 9.17) is 16.3 Å². The Morgan fingerprint density at radius 1 is 1.18 bits per heavy atom. The Morgan fingerprint density at radius 2 is 2.00 bits per heavy atom. The van der Waals surface area contributed by atoms with Crippen LogP contribution in [0.2, 0.25) is 5.15 Å². The van der Waals surface area contributed by atoms with Crippen LogP contribution in [0.25, 0.3) is 5.57 Å². The predicted octanol–water partition coefficient (Wildman–Crippen LogP) is 4.16. The Morgan fingerprint density at radius 3 is 2.68 bits per heavy atom. The number of aromatic nitrogens is 1. The first kappa shape index (κ1) is 14.7. The maximum atomic E-state index is 5.82. The standard InChI is InChI=1S/C18H17ClN2O/c1-22-17-7-5-15(6-8-17)16-3-2-10-21(13-16)12-14-4-9-18(19)20-11-14/h2-9,11,13H,10,12H2,1H3. The number of methoxy groups -OCH3 is 1. The van der Waals surface area contributed by atoms with Crippen LogP contribution in [0, 0.1) is 0 Å². The molecule has 1 aromatic heterocycles. The number of hydrogen-bond acceptors (Lipinski definition) is 3. The monoisotopic (exact) mass is 312 g/mol. The molecule has 0 spiro atoms. The Bertz CT molecular complexity index is 690. The van der Waals surface area contributed by atoms with Gasteiger partial charge in [-0.2, -0.15) is 0 Å². The fourth-order valence-electron chi connectivity index (χ4n) is 2.41. The molecule has 0 bridgehead atoms. The minimum absolute atomic E-state index is 0.525. The minimum Gasteiger partial charge on any atom is -0.497 e. The molecule has 0 aliphatic carbocycles. The van der Waals surface area contributed by atoms with Gasteiger partial charge in [-0.3, -0.25) is 0 Å². The first-order chi connectivity index (χ1) is 10.7. The van der Waals surface area contributed by atoms with E-state index >= 15 is 0 Å². The van der Waals surface area contributed by atoms with E-state index in [1.807, 2.05) is 30.5 Å². The molecular formula is C18H17ClN2O. The van der Waals surface area contributed by atoms with Crippen molar-refractivity contribution in [1.82, 2.24) is 9.88 Å². The maximum absolute atomic E-state index is 5.82. The molecule has 1 aromatic carbocycles. The lowest BCUT2D eigenvalue weighted by Crippen LogP contribution is -2.19. The van der Waals surface area contributed by atoms with Crippen molar-refractivity contribution < 1.29 is 4.74 Å². The van der Waals surface area contributed by atoms with Gasteiger partial charge in [0.15, 0.2) is 0 Å². The Balaban J connectivity index is 1.75. The summed E-state index contributed by atoms with van der Waals surface area (Å²) in [6.07, 6.45) is 8.32. The van der Waals surface area contributed by atoms with Crippen LogP contribution in [-0.2, 0) is 6.54 Å². The lowest BCUT2D eigenvalue weighted by molar-refractivity contribution is 0.407. The first-order valence-corrected chi connectivity index (χ1v) is 7.49. The third kappa shape index (κ3) is 3.49. The van der Waals surface area contributed by atoms with Crippen molar-refractivity contribution in [2.75, 3.05) is 13.7 Å². The van der Waals surface area contributed by atoms with Crippen LogP contribution in [0.5, 0.6) is 5.75 Å². The van der Waals surface area contributed by atoms with Gasteiger partial charge in [-0.25, -0.2) is 4.98 Å². The normalized spacial score (nSPS) is 13.9. The van der Waals surface area contributed by atoms with Gasteiger partial charge in [-0.05, 0) is 34.9 Å². The summed E-state index contributed by atoms with van der Waals surface area (Å²) >= 11 is 5.82. The number of benzene rings is 1. The Hall–Kier alpha value is -2.26. The molecule has 0 saturated carbocycles. The first-order valence-electron chi connectivity index (χ1n) is 7.12. The van der Waals surface area contributed by atoms with E-state index in [0.717, 1.165) is 24.4 Å². The third-order valence-corrected chi connectivity index (χ3v) is 3.78. The second-order valence-corrected chi connectivity index (χ2v) is 5.52. The smallest absolute Gasteiger partial charge is 0.129 e. The van der Waals surface area contributed by atoms with Crippen LogP contribution in [0.1, 0.15) is 11.1 Å². The molecular weight excluding hydrogens is 296 g/mol. The summed E-state index contributed by atoms with van der Waals surface area (Å²) in [6.45, 7) is 1.70. The highest BCUT2D eigenvalue weighted by Crippen LogP contribution is 2.23. The zero-order valence-corrected chi connectivity index (χ0v) is 13.1. The van der Waals surface area contributed by atoms with Crippen molar-refractivity contribution in [1.29, 1.82) is 0 Å². The van der Waals surface area contributed by atoms with Crippen LogP contribution in [0.3, 0.4) is 0 Å². The van der Waals surface area contributed by atoms with Gasteiger partial charge in [-0.1, -0.05) is 42.0 Å². The number of rotatable bonds is 4. The zero-order chi connectivity index (χ0) is 15.4. The second kappa shape index (κ2) is 6.67. The van der Waals surface area contributed by atoms with Crippen LogP contribution in [0.4, 0.5) is 0 Å². The van der Waals surface area contributed by atoms with E-state index in [2.05, 4.69) is 40.4 Å². The highest BCUT2D eigenvalue weighted by molar-refractivity contribution is 6.29. The summed E-state index contributed by atoms with van der Waals surface area (Å²) in [5, 5.41) is 0.525. The Kier molecular flexibility index (Phi) is 4.45. The van der Waals surface area contributed by atoms with Crippen molar-refractivity contribution in [2.45, 2.75) is 6.54 Å². The molecule has 0 unspecified atom stereocenters. The molecule has 22 heavy (non-hydrogen) atoms. The molecule has 2 aromatic rings. The van der Waals surface area contributed by atoms with Gasteiger partial charge in [0.2, 0.25) is 0 Å². The number of nitrogens with zero attached hydrogens (tertiary/aromatic N) is 2. The van der Waals surface area contributed by atoms with Gasteiger partial charge in [-0.15, -0.1) is 0 Å². The number of ether oxygens (including phenoxy) is 1. The van der Waals surface area contributed by atoms with Gasteiger partial charge in [0.05, 0.1) is 7.11 Å². The summed E-state index contributed by atoms with van der Waals surface area (Å²) in [6, 6.07) is 11.9. The van der Waals surface area contributed by atoms with E-state index in [-0.39, 0.29) is 0 Å². The molecule has 0 N–H and O–H groups in total. The highest BCUT2D eigenvalue weighted by Gasteiger charge is 2.08. The molecule has 0 fully saturated rings. The van der Waals surface area contributed by atoms with Crippen molar-refractivity contribution >= 4 is 17.2 Å². The molecule has 0 saturated heterocycles. The molecule has 112 valence electrons. The molecule has 0 radical (unpaired) electrons. The summed E-state index contributed by atoms with van der Waals surface area (Å²) in [5.41, 5.74) is 3.51. The van der Waals surface area contributed by atoms with E-state index in [1.54, 1.807) is 7.11 Å². The molecule has 3 rings (SSSR count). The fraction of sp³-hybridized carbons (Fsp3) is 0.167. The van der Waals surface area contributed by atoms with Crippen LogP contribution in [-0.4, -0.2) is 23.5 Å². The average Bonchev–Trinajstić information content (AvgIpc) is 2.57. The predicted molar refractivity (Wildman–Crippen MR) is 89.8 cm³/mol. The van der Waals surface area contributed by atoms with E-state index < -0.39 is 0 Å². The van der Waals surface area contributed by atoms with Crippen molar-refractivity contribution in [3.63, 3.8) is 0 Å². The van der Waals surface area contributed by atoms with Gasteiger partial charge in [0.1, 0.15) is 10.9 Å². The number of halogens is 1. The van der Waals surface area contributed by atoms with E-state index in [0.29, 0.717) is 5.15 Å². The van der Waals surface area contributed by atoms with Gasteiger partial charge in [0, 0.05) is 25.5 Å². The molecule has 0 atom stereocenters. The van der Waals surface area contributed by atoms with Gasteiger partial charge < -0.3 is 9.64 Å². The molecule has 1 aliphatic heterocycles. The quantitative estimate of drug-likeness (QED) is 0.793. The van der Waals surface area contributed by atoms with Crippen molar-refractivity contribution in [3.8, 4) is 5.75 Å². The third-order valence-electron chi connectivity index (χ3n) is 3.56. The number of pyridine rings is 1. The number of allylic oxidation sites excluding steroid dienone is 2. The van der Waals surface area contributed by atoms with Gasteiger partial charge >= 0.3 is 0 Å². The van der Waals surface area contributed by atoms with Crippen LogP contribution < -0.4 is 4.74 Å². The minimum atomic E-state index is 0.525. The molecule has 3 nitrogen and oxygen atoms in total. The maximum Gasteiger partial charge on any atom is 0.129 e. The average molecular weight is 313 g/mol. The van der Waals surface area contributed by atoms with Gasteiger partial charge in [0.25, 0.3) is 0 Å². The molecule has 1 aliphatic rings. The lowest BCUT2D eigenvalue weighted by Gasteiger charge is -2.23. The SMILES string of the molecule is COc1ccc(C2=CN(Cc3ccc(Cl)nc3)CC=C2)cc1. The topological polar surface area (TPSA) is 25.4 Å². The van der Waals surface area contributed by atoms with E-state index in [1.165, 1.54) is 11.1 Å². The lowest BCUT2D eigenvalue weighted by atomic mass is 10.0. The highest BCUT2D eigenvalue weighted by atomic mass is 35.5. The Labute approximate surface area is 135 Å². The molecule has 2 heterocycles. The largest absolute Gasteiger partial charge is 0.497 e. The fourth-order valence-corrected chi connectivity index (χ4v) is 2.52. The van der Waals surface area contributed by atoms with Crippen LogP contribution >= 0.6 is 11.6 Å². The second-order valence-electron chi connectivity index (χ2n) is 5.13.